The van der Waals surface area contributed by atoms with Crippen molar-refractivity contribution in [3.63, 3.8) is 0 Å². The number of likely N-dealkylation sites (tertiary alicyclic amines) is 2. The van der Waals surface area contributed by atoms with Crippen LogP contribution in [0.4, 0.5) is 0 Å². The van der Waals surface area contributed by atoms with Crippen molar-refractivity contribution in [3.8, 4) is 11.8 Å². The molecule has 2 aliphatic heterocycles. The summed E-state index contributed by atoms with van der Waals surface area (Å²) in [5.74, 6) is -1.52. The summed E-state index contributed by atoms with van der Waals surface area (Å²) in [5, 5.41) is 12.0. The summed E-state index contributed by atoms with van der Waals surface area (Å²) in [4.78, 5) is 45.7. The number of methoxy groups -OCH3 is 1. The third-order valence-electron chi connectivity index (χ3n) is 9.93. The SMILES string of the molecule is COc1c(C#N)cc2ccccc2c1C(=O)N(CC(N)=O)C[C@@H](CCN1CCC(C(N)=O)(N2CCCCC2)CC1)c1ccc(Cl)c(Cl)c1. The smallest absolute Gasteiger partial charge is 0.258 e. The molecule has 3 aromatic carbocycles. The van der Waals surface area contributed by atoms with Crippen molar-refractivity contribution in [2.45, 2.75) is 50.0 Å². The van der Waals surface area contributed by atoms with Crippen molar-refractivity contribution in [3.05, 3.63) is 75.3 Å². The quantitative estimate of drug-likeness (QED) is 0.274. The summed E-state index contributed by atoms with van der Waals surface area (Å²) < 4.78 is 5.61. The van der Waals surface area contributed by atoms with E-state index in [9.17, 15) is 19.6 Å². The fraction of sp³-hybridized carbons (Fsp3) is 0.444. The maximum Gasteiger partial charge on any atom is 0.258 e. The number of fused-ring (bicyclic) bond motifs is 1. The van der Waals surface area contributed by atoms with Crippen LogP contribution >= 0.6 is 23.2 Å². The molecule has 0 aliphatic carbocycles. The molecule has 3 aromatic rings. The van der Waals surface area contributed by atoms with E-state index in [2.05, 4.69) is 15.9 Å². The first kappa shape index (κ1) is 35.4. The number of halogens is 2. The topological polar surface area (TPSA) is 146 Å². The highest BCUT2D eigenvalue weighted by molar-refractivity contribution is 6.42. The standard InChI is InChI=1S/C36H42Cl2N6O4/c1-48-33-27(21-39)19-25-7-3-4-8-28(25)32(33)34(46)43(23-31(40)45)22-26(24-9-10-29(37)30(38)20-24)11-16-42-17-12-36(13-18-42,35(41)47)44-14-5-2-6-15-44/h3-4,7-10,19-20,26H,2,5-6,11-18,22-23H2,1H3,(H2,40,45)(H2,41,47)/t26-/m1/s1. The van der Waals surface area contributed by atoms with Crippen LogP contribution < -0.4 is 16.2 Å². The summed E-state index contributed by atoms with van der Waals surface area (Å²) in [6.07, 6.45) is 5.27. The molecular formula is C36H42Cl2N6O4. The normalized spacial score (nSPS) is 17.4. The third kappa shape index (κ3) is 7.55. The second-order valence-electron chi connectivity index (χ2n) is 12.8. The Balaban J connectivity index is 1.43. The van der Waals surface area contributed by atoms with Crippen molar-refractivity contribution in [1.82, 2.24) is 14.7 Å². The van der Waals surface area contributed by atoms with E-state index in [1.54, 1.807) is 30.3 Å². The highest BCUT2D eigenvalue weighted by atomic mass is 35.5. The summed E-state index contributed by atoms with van der Waals surface area (Å²) in [5.41, 5.74) is 12.4. The van der Waals surface area contributed by atoms with Crippen LogP contribution in [0.1, 0.15) is 65.9 Å². The van der Waals surface area contributed by atoms with Crippen LogP contribution in [0.15, 0.2) is 48.5 Å². The number of benzene rings is 3. The summed E-state index contributed by atoms with van der Waals surface area (Å²) in [6, 6.07) is 16.4. The first-order valence-electron chi connectivity index (χ1n) is 16.4. The third-order valence-corrected chi connectivity index (χ3v) is 10.7. The lowest BCUT2D eigenvalue weighted by Gasteiger charge is -2.48. The van der Waals surface area contributed by atoms with E-state index in [-0.39, 0.29) is 41.8 Å². The molecule has 0 saturated carbocycles. The molecule has 0 bridgehead atoms. The number of piperidine rings is 2. The molecule has 0 radical (unpaired) electrons. The lowest BCUT2D eigenvalue weighted by atomic mass is 9.83. The fourth-order valence-electron chi connectivity index (χ4n) is 7.32. The molecule has 48 heavy (non-hydrogen) atoms. The minimum absolute atomic E-state index is 0.140. The maximum atomic E-state index is 14.4. The van der Waals surface area contributed by atoms with Gasteiger partial charge in [0, 0.05) is 25.6 Å². The molecule has 1 atom stereocenters. The number of nitriles is 1. The van der Waals surface area contributed by atoms with Crippen molar-refractivity contribution in [2.24, 2.45) is 11.5 Å². The van der Waals surface area contributed by atoms with E-state index >= 15 is 0 Å². The molecule has 5 rings (SSSR count). The monoisotopic (exact) mass is 692 g/mol. The van der Waals surface area contributed by atoms with Gasteiger partial charge in [-0.25, -0.2) is 0 Å². The van der Waals surface area contributed by atoms with Gasteiger partial charge >= 0.3 is 0 Å². The van der Waals surface area contributed by atoms with Crippen LogP contribution in [-0.2, 0) is 9.59 Å². The molecule has 2 fully saturated rings. The molecule has 0 unspecified atom stereocenters. The number of amides is 3. The van der Waals surface area contributed by atoms with Gasteiger partial charge in [0.25, 0.3) is 5.91 Å². The van der Waals surface area contributed by atoms with E-state index in [1.807, 2.05) is 18.2 Å². The van der Waals surface area contributed by atoms with Gasteiger partial charge in [0.1, 0.15) is 17.4 Å². The molecule has 2 aliphatic rings. The molecule has 4 N–H and O–H groups in total. The van der Waals surface area contributed by atoms with E-state index in [1.165, 1.54) is 18.4 Å². The van der Waals surface area contributed by atoms with Crippen LogP contribution in [0.3, 0.4) is 0 Å². The first-order valence-corrected chi connectivity index (χ1v) is 17.1. The van der Waals surface area contributed by atoms with Gasteiger partial charge in [0.05, 0.1) is 34.8 Å². The van der Waals surface area contributed by atoms with Gasteiger partial charge in [0.15, 0.2) is 0 Å². The van der Waals surface area contributed by atoms with Crippen molar-refractivity contribution >= 4 is 51.7 Å². The minimum atomic E-state index is -0.674. The Morgan fingerprint density at radius 3 is 2.33 bits per heavy atom. The van der Waals surface area contributed by atoms with Gasteiger partial charge in [-0.05, 0) is 86.3 Å². The maximum absolute atomic E-state index is 14.4. The van der Waals surface area contributed by atoms with E-state index in [4.69, 9.17) is 39.4 Å². The van der Waals surface area contributed by atoms with Crippen LogP contribution in [0, 0.1) is 11.3 Å². The number of carbonyl (C=O) groups is 3. The number of carbonyl (C=O) groups excluding carboxylic acids is 3. The van der Waals surface area contributed by atoms with Gasteiger partial charge in [-0.15, -0.1) is 0 Å². The van der Waals surface area contributed by atoms with Gasteiger partial charge in [0.2, 0.25) is 11.8 Å². The number of rotatable bonds is 12. The van der Waals surface area contributed by atoms with Crippen LogP contribution in [0.5, 0.6) is 5.75 Å². The number of nitrogens with two attached hydrogens (primary N) is 2. The average Bonchev–Trinajstić information content (AvgIpc) is 3.09. The van der Waals surface area contributed by atoms with Gasteiger partial charge in [-0.1, -0.05) is 60.0 Å². The Hall–Kier alpha value is -3.88. The van der Waals surface area contributed by atoms with Crippen LogP contribution in [-0.4, -0.2) is 90.9 Å². The zero-order valence-electron chi connectivity index (χ0n) is 27.2. The largest absolute Gasteiger partial charge is 0.495 e. The van der Waals surface area contributed by atoms with E-state index in [0.717, 1.165) is 31.5 Å². The van der Waals surface area contributed by atoms with E-state index < -0.39 is 17.4 Å². The molecule has 2 heterocycles. The molecule has 10 nitrogen and oxygen atoms in total. The average molecular weight is 694 g/mol. The summed E-state index contributed by atoms with van der Waals surface area (Å²) >= 11 is 12.7. The predicted octanol–water partition coefficient (Wildman–Crippen LogP) is 4.93. The molecule has 0 spiro atoms. The summed E-state index contributed by atoms with van der Waals surface area (Å²) in [6.45, 7) is 3.68. The number of primary amides is 2. The molecule has 3 amide bonds. The molecule has 12 heteroatoms. The molecule has 254 valence electrons. The van der Waals surface area contributed by atoms with Crippen LogP contribution in [0.25, 0.3) is 10.8 Å². The zero-order chi connectivity index (χ0) is 34.4. The van der Waals surface area contributed by atoms with Gasteiger partial charge < -0.3 is 26.0 Å². The Labute approximate surface area is 291 Å². The van der Waals surface area contributed by atoms with Crippen molar-refractivity contribution < 1.29 is 19.1 Å². The second kappa shape index (κ2) is 15.6. The molecule has 0 aromatic heterocycles. The number of nitrogens with zero attached hydrogens (tertiary/aromatic N) is 4. The van der Waals surface area contributed by atoms with E-state index in [0.29, 0.717) is 59.7 Å². The van der Waals surface area contributed by atoms with Gasteiger partial charge in [-0.2, -0.15) is 5.26 Å². The van der Waals surface area contributed by atoms with Gasteiger partial charge in [-0.3, -0.25) is 19.3 Å². The summed E-state index contributed by atoms with van der Waals surface area (Å²) in [7, 11) is 1.41. The lowest BCUT2D eigenvalue weighted by molar-refractivity contribution is -0.135. The lowest BCUT2D eigenvalue weighted by Crippen LogP contribution is -2.63. The molecular weight excluding hydrogens is 651 g/mol. The fourth-order valence-corrected chi connectivity index (χ4v) is 7.63. The Morgan fingerprint density at radius 2 is 1.71 bits per heavy atom. The molecule has 2 saturated heterocycles. The Kier molecular flexibility index (Phi) is 11.5. The zero-order valence-corrected chi connectivity index (χ0v) is 28.7. The first-order chi connectivity index (χ1) is 23.1. The highest BCUT2D eigenvalue weighted by Crippen LogP contribution is 2.36. The highest BCUT2D eigenvalue weighted by Gasteiger charge is 2.45. The number of ether oxygens (including phenoxy) is 1. The van der Waals surface area contributed by atoms with Crippen molar-refractivity contribution in [1.29, 1.82) is 5.26 Å². The number of hydrogen-bond acceptors (Lipinski definition) is 7. The van der Waals surface area contributed by atoms with Crippen molar-refractivity contribution in [2.75, 3.05) is 52.9 Å². The number of hydrogen-bond donors (Lipinski definition) is 2. The second-order valence-corrected chi connectivity index (χ2v) is 13.6. The Bertz CT molecular complexity index is 1710. The Morgan fingerprint density at radius 1 is 1.00 bits per heavy atom. The minimum Gasteiger partial charge on any atom is -0.495 e. The van der Waals surface area contributed by atoms with Crippen LogP contribution in [0.2, 0.25) is 10.0 Å². The predicted molar refractivity (Wildman–Crippen MR) is 187 cm³/mol.